The number of carbonyl (C=O) groups excluding carboxylic acids is 7. The molecule has 3 aliphatic carbocycles. The quantitative estimate of drug-likeness (QED) is 0.122. The minimum Gasteiger partial charge on any atom is -0.455 e. The van der Waals surface area contributed by atoms with Crippen LogP contribution in [0.5, 0.6) is 0 Å². The first-order valence-electron chi connectivity index (χ1n) is 23.4. The lowest BCUT2D eigenvalue weighted by Gasteiger charge is -2.67. The number of hydrogen-bond acceptors (Lipinski definition) is 17. The summed E-state index contributed by atoms with van der Waals surface area (Å²) in [5, 5.41) is 16.6. The molecule has 3 fully saturated rings. The molecule has 4 aliphatic rings. The van der Waals surface area contributed by atoms with Gasteiger partial charge in [0.15, 0.2) is 17.2 Å². The average Bonchev–Trinajstić information content (AvgIpc) is 3.28. The van der Waals surface area contributed by atoms with Crippen LogP contribution in [-0.2, 0) is 66.6 Å². The van der Waals surface area contributed by atoms with Gasteiger partial charge in [-0.25, -0.2) is 19.2 Å². The fraction of sp³-hybridized carbons (Fsp3) is 0.596. The molecule has 70 heavy (non-hydrogen) atoms. The lowest BCUT2D eigenvalue weighted by molar-refractivity contribution is -0.347. The van der Waals surface area contributed by atoms with Crippen LogP contribution in [0, 0.1) is 22.7 Å². The maximum Gasteiger partial charge on any atom is 0.408 e. The highest BCUT2D eigenvalue weighted by Crippen LogP contribution is 2.65. The summed E-state index contributed by atoms with van der Waals surface area (Å²) in [6, 6.07) is 14.7. The number of rotatable bonds is 16. The van der Waals surface area contributed by atoms with E-state index in [-0.39, 0.29) is 41.1 Å². The molecule has 0 radical (unpaired) electrons. The zero-order valence-corrected chi connectivity index (χ0v) is 42.0. The number of esters is 4. The summed E-state index contributed by atoms with van der Waals surface area (Å²) in [7, 11) is 2.74. The number of carbonyl (C=O) groups is 7. The smallest absolute Gasteiger partial charge is 0.408 e. The van der Waals surface area contributed by atoms with Crippen molar-refractivity contribution >= 4 is 41.5 Å². The van der Waals surface area contributed by atoms with Crippen molar-refractivity contribution in [2.24, 2.45) is 22.7 Å². The Hall–Kier alpha value is -5.53. The fourth-order valence-corrected chi connectivity index (χ4v) is 10.7. The van der Waals surface area contributed by atoms with Gasteiger partial charge in [0, 0.05) is 45.3 Å². The van der Waals surface area contributed by atoms with Crippen LogP contribution in [0.2, 0.25) is 0 Å². The number of ketones is 2. The number of fused-ring (bicyclic) bond motifs is 5. The molecule has 2 saturated carbocycles. The number of alkyl carbamates (subject to hydrolysis) is 1. The van der Waals surface area contributed by atoms with Gasteiger partial charge in [-0.05, 0) is 63.5 Å². The number of methoxy groups -OCH3 is 2. The standard InChI is InChI=1S/C52H67NO17/c1-28(2)33(55)25-64-26-37(56)67-41(39(31-19-15-13-16-20-31)53-47(60)70-48(5,6)7)46(59)66-34-24-52(61)44(68-45(58)32-21-17-14-18-22-32)42-50(10,43(57)40(63-12)38(29(34)3)49(52,8)9)35(62-11)23-36-51(42,27-65-36)69-30(4)54/h13-22,28,34-36,39-42,44,61H,23-27H2,1-12H3,(H,53,60)/t34-,35-,36?,39-,40+,41+,42?,44?,50+,51-,52+/m0/s1. The molecule has 18 nitrogen and oxygen atoms in total. The van der Waals surface area contributed by atoms with Gasteiger partial charge in [0.2, 0.25) is 6.10 Å². The van der Waals surface area contributed by atoms with E-state index in [9.17, 15) is 29.1 Å². The second-order valence-corrected chi connectivity index (χ2v) is 20.6. The predicted octanol–water partition coefficient (Wildman–Crippen LogP) is 5.36. The summed E-state index contributed by atoms with van der Waals surface area (Å²) in [6.07, 6.45) is -9.89. The molecule has 1 amide bonds. The third kappa shape index (κ3) is 10.2. The minimum atomic E-state index is -2.32. The van der Waals surface area contributed by atoms with E-state index >= 15 is 9.59 Å². The van der Waals surface area contributed by atoms with Crippen LogP contribution in [-0.4, -0.2) is 134 Å². The van der Waals surface area contributed by atoms with Gasteiger partial charge < -0.3 is 53.1 Å². The summed E-state index contributed by atoms with van der Waals surface area (Å²) >= 11 is 0. The molecule has 2 N–H and O–H groups in total. The zero-order valence-electron chi connectivity index (χ0n) is 42.0. The predicted molar refractivity (Wildman–Crippen MR) is 248 cm³/mol. The van der Waals surface area contributed by atoms with Gasteiger partial charge in [-0.15, -0.1) is 0 Å². The maximum atomic E-state index is 15.8. The van der Waals surface area contributed by atoms with Crippen LogP contribution < -0.4 is 5.32 Å². The Kier molecular flexibility index (Phi) is 15.9. The van der Waals surface area contributed by atoms with Crippen molar-refractivity contribution in [1.29, 1.82) is 0 Å². The summed E-state index contributed by atoms with van der Waals surface area (Å²) < 4.78 is 54.2. The first-order valence-corrected chi connectivity index (χ1v) is 23.4. The van der Waals surface area contributed by atoms with Crippen molar-refractivity contribution in [3.05, 3.63) is 82.9 Å². The molecule has 1 saturated heterocycles. The third-order valence-corrected chi connectivity index (χ3v) is 14.4. The van der Waals surface area contributed by atoms with Crippen LogP contribution in [0.15, 0.2) is 71.8 Å². The normalized spacial score (nSPS) is 29.9. The molecule has 382 valence electrons. The van der Waals surface area contributed by atoms with E-state index < -0.39 is 138 Å². The van der Waals surface area contributed by atoms with Gasteiger partial charge in [-0.2, -0.15) is 0 Å². The number of aliphatic hydroxyl groups is 1. The number of nitrogens with one attached hydrogen (secondary N) is 1. The molecule has 18 heteroatoms. The van der Waals surface area contributed by atoms with Crippen molar-refractivity contribution < 1.29 is 81.3 Å². The Bertz CT molecular complexity index is 2340. The van der Waals surface area contributed by atoms with Crippen LogP contribution in [0.4, 0.5) is 4.79 Å². The number of Topliss-reactive ketones (excluding diaryl/α,β-unsaturated/α-hetero) is 2. The SMILES string of the molecule is CO[C@H]1C(=O)[C@@]2(C)C(C(OC(=O)c3ccccc3)[C@]3(O)C[C@H](OC(=O)[C@H](OC(=O)COCC(=O)C(C)C)[C@@H](NC(=O)OC(C)(C)C)c4ccccc4)C(C)=C1C3(C)C)[C@]1(OC(C)=O)COC1C[C@@H]2OC. The lowest BCUT2D eigenvalue weighted by Crippen LogP contribution is -2.82. The minimum absolute atomic E-state index is 0.0808. The highest BCUT2D eigenvalue weighted by molar-refractivity contribution is 5.94. The summed E-state index contributed by atoms with van der Waals surface area (Å²) in [6.45, 7) is 14.6. The molecule has 1 heterocycles. The van der Waals surface area contributed by atoms with E-state index in [0.29, 0.717) is 0 Å². The maximum absolute atomic E-state index is 15.8. The first-order chi connectivity index (χ1) is 32.8. The van der Waals surface area contributed by atoms with Crippen LogP contribution in [0.1, 0.15) is 104 Å². The number of ether oxygens (including phenoxy) is 9. The van der Waals surface area contributed by atoms with Gasteiger partial charge in [0.1, 0.15) is 54.9 Å². The van der Waals surface area contributed by atoms with Crippen LogP contribution >= 0.6 is 0 Å². The number of amides is 1. The van der Waals surface area contributed by atoms with Crippen molar-refractivity contribution in [1.82, 2.24) is 5.32 Å². The zero-order chi connectivity index (χ0) is 51.7. The first kappa shape index (κ1) is 53.8. The molecule has 1 aliphatic heterocycles. The van der Waals surface area contributed by atoms with Crippen molar-refractivity contribution in [3.8, 4) is 0 Å². The third-order valence-electron chi connectivity index (χ3n) is 14.4. The monoisotopic (exact) mass is 977 g/mol. The molecule has 0 spiro atoms. The van der Waals surface area contributed by atoms with Gasteiger partial charge in [0.05, 0.1) is 29.6 Å². The molecular weight excluding hydrogens is 911 g/mol. The van der Waals surface area contributed by atoms with E-state index in [4.69, 9.17) is 42.6 Å². The van der Waals surface area contributed by atoms with Crippen molar-refractivity contribution in [3.63, 3.8) is 0 Å². The van der Waals surface area contributed by atoms with Crippen molar-refractivity contribution in [2.75, 3.05) is 34.0 Å². The van der Waals surface area contributed by atoms with E-state index in [1.54, 1.807) is 111 Å². The molecule has 3 unspecified atom stereocenters. The van der Waals surface area contributed by atoms with Gasteiger partial charge in [0.25, 0.3) is 0 Å². The van der Waals surface area contributed by atoms with E-state index in [2.05, 4.69) is 5.32 Å². The Labute approximate surface area is 408 Å². The Morgan fingerprint density at radius 2 is 1.53 bits per heavy atom. The van der Waals surface area contributed by atoms with Crippen molar-refractivity contribution in [2.45, 2.75) is 142 Å². The van der Waals surface area contributed by atoms with Crippen LogP contribution in [0.25, 0.3) is 0 Å². The van der Waals surface area contributed by atoms with E-state index in [1.165, 1.54) is 33.3 Å². The second-order valence-electron chi connectivity index (χ2n) is 20.6. The molecular formula is C52H67NO17. The Morgan fingerprint density at radius 3 is 2.07 bits per heavy atom. The Morgan fingerprint density at radius 1 is 0.900 bits per heavy atom. The fourth-order valence-electron chi connectivity index (χ4n) is 10.7. The van der Waals surface area contributed by atoms with Gasteiger partial charge in [-0.1, -0.05) is 76.2 Å². The summed E-state index contributed by atoms with van der Waals surface area (Å²) in [5.41, 5.74) is -7.38. The molecule has 2 aromatic rings. The highest BCUT2D eigenvalue weighted by atomic mass is 16.6. The molecule has 6 rings (SSSR count). The van der Waals surface area contributed by atoms with E-state index in [1.807, 2.05) is 0 Å². The van der Waals surface area contributed by atoms with Gasteiger partial charge >= 0.3 is 30.0 Å². The molecule has 2 bridgehead atoms. The average molecular weight is 978 g/mol. The number of hydrogen-bond donors (Lipinski definition) is 2. The molecule has 2 aromatic carbocycles. The number of benzene rings is 2. The van der Waals surface area contributed by atoms with Gasteiger partial charge in [-0.3, -0.25) is 14.4 Å². The molecule has 0 aromatic heterocycles. The Balaban J connectivity index is 1.53. The van der Waals surface area contributed by atoms with E-state index in [0.717, 1.165) is 0 Å². The lowest BCUT2D eigenvalue weighted by atomic mass is 9.44. The summed E-state index contributed by atoms with van der Waals surface area (Å²) in [5.74, 6) is -6.53. The molecule has 11 atom stereocenters. The topological polar surface area (TPSA) is 235 Å². The largest absolute Gasteiger partial charge is 0.455 e. The van der Waals surface area contributed by atoms with Crippen LogP contribution in [0.3, 0.4) is 0 Å². The highest BCUT2D eigenvalue weighted by Gasteiger charge is 2.78. The summed E-state index contributed by atoms with van der Waals surface area (Å²) in [4.78, 5) is 98.1. The second kappa shape index (κ2) is 20.7.